The highest BCUT2D eigenvalue weighted by Gasteiger charge is 2.55. The maximum Gasteiger partial charge on any atom is 0.498 e. The van der Waals surface area contributed by atoms with Crippen LogP contribution in [0.25, 0.3) is 0 Å². The summed E-state index contributed by atoms with van der Waals surface area (Å²) < 4.78 is 38.4. The van der Waals surface area contributed by atoms with Crippen molar-refractivity contribution in [1.29, 1.82) is 0 Å². The van der Waals surface area contributed by atoms with E-state index < -0.39 is 36.6 Å². The molecular weight excluding hydrogens is 466 g/mol. The highest BCUT2D eigenvalue weighted by Crippen LogP contribution is 2.39. The fraction of sp³-hybridized carbons (Fsp3) is 0.793. The molecule has 0 spiro atoms. The normalized spacial score (nSPS) is 21.5. The van der Waals surface area contributed by atoms with Gasteiger partial charge in [-0.25, -0.2) is 0 Å². The second-order valence-electron chi connectivity index (χ2n) is 12.6. The standard InChI is InChI=1S/C29H50B2O6/c1-11-13-14-15-16-17-19-33-25-21-22(30-34-26(3,4)27(5,6)35-30)24(32-18-12-2)20-23(25)31-36-28(7,8)29(9,10)37-31/h20-21H,11-19H2,1-10H3. The van der Waals surface area contributed by atoms with Crippen molar-refractivity contribution >= 4 is 25.2 Å². The predicted octanol–water partition coefficient (Wildman–Crippen LogP) is 5.81. The summed E-state index contributed by atoms with van der Waals surface area (Å²) in [5, 5.41) is 0. The molecule has 1 aromatic carbocycles. The molecule has 0 aliphatic carbocycles. The summed E-state index contributed by atoms with van der Waals surface area (Å²) in [6.45, 7) is 22.1. The zero-order chi connectivity index (χ0) is 27.5. The number of hydrogen-bond donors (Lipinski definition) is 0. The molecule has 0 amide bonds. The molecule has 8 heteroatoms. The third-order valence-corrected chi connectivity index (χ3v) is 8.37. The zero-order valence-corrected chi connectivity index (χ0v) is 25.1. The highest BCUT2D eigenvalue weighted by molar-refractivity contribution is 6.66. The van der Waals surface area contributed by atoms with E-state index in [4.69, 9.17) is 28.1 Å². The van der Waals surface area contributed by atoms with Crippen molar-refractivity contribution < 1.29 is 28.1 Å². The molecular formula is C29H50B2O6. The lowest BCUT2D eigenvalue weighted by Gasteiger charge is -2.32. The fourth-order valence-electron chi connectivity index (χ4n) is 4.43. The van der Waals surface area contributed by atoms with Crippen molar-refractivity contribution in [1.82, 2.24) is 0 Å². The molecule has 2 aliphatic heterocycles. The molecule has 2 heterocycles. The average molecular weight is 516 g/mol. The Bertz CT molecular complexity index is 867. The van der Waals surface area contributed by atoms with Crippen LogP contribution >= 0.6 is 0 Å². The summed E-state index contributed by atoms with van der Waals surface area (Å²) in [6, 6.07) is 4.03. The van der Waals surface area contributed by atoms with Gasteiger partial charge in [-0.15, -0.1) is 0 Å². The van der Waals surface area contributed by atoms with Crippen molar-refractivity contribution in [2.24, 2.45) is 0 Å². The third kappa shape index (κ3) is 6.87. The van der Waals surface area contributed by atoms with Crippen LogP contribution in [0.5, 0.6) is 11.5 Å². The topological polar surface area (TPSA) is 55.4 Å². The monoisotopic (exact) mass is 516 g/mol. The molecule has 0 aromatic heterocycles. The number of unbranched alkanes of at least 4 members (excludes halogenated alkanes) is 5. The summed E-state index contributed by atoms with van der Waals surface area (Å²) in [5.74, 6) is 1.46. The zero-order valence-electron chi connectivity index (χ0n) is 25.1. The van der Waals surface area contributed by atoms with E-state index in [2.05, 4.69) is 69.2 Å². The first-order valence-corrected chi connectivity index (χ1v) is 14.4. The molecule has 0 saturated carbocycles. The van der Waals surface area contributed by atoms with Crippen LogP contribution in [0.3, 0.4) is 0 Å². The van der Waals surface area contributed by atoms with E-state index in [9.17, 15) is 0 Å². The molecule has 1 aromatic rings. The molecule has 37 heavy (non-hydrogen) atoms. The molecule has 0 radical (unpaired) electrons. The maximum absolute atomic E-state index is 6.43. The van der Waals surface area contributed by atoms with Crippen LogP contribution in [0.15, 0.2) is 12.1 Å². The second-order valence-corrected chi connectivity index (χ2v) is 12.6. The molecule has 3 rings (SSSR count). The van der Waals surface area contributed by atoms with Gasteiger partial charge in [0.1, 0.15) is 11.5 Å². The lowest BCUT2D eigenvalue weighted by atomic mass is 9.72. The van der Waals surface area contributed by atoms with E-state index >= 15 is 0 Å². The van der Waals surface area contributed by atoms with Gasteiger partial charge < -0.3 is 28.1 Å². The largest absolute Gasteiger partial charge is 0.498 e. The second kappa shape index (κ2) is 11.9. The molecule has 0 N–H and O–H groups in total. The first kappa shape index (κ1) is 30.3. The molecule has 2 aliphatic rings. The van der Waals surface area contributed by atoms with Gasteiger partial charge in [-0.2, -0.15) is 0 Å². The smallest absolute Gasteiger partial charge is 0.494 e. The Balaban J connectivity index is 1.94. The van der Waals surface area contributed by atoms with Gasteiger partial charge in [0.25, 0.3) is 0 Å². The van der Waals surface area contributed by atoms with Crippen LogP contribution in [-0.2, 0) is 18.6 Å². The van der Waals surface area contributed by atoms with Crippen molar-refractivity contribution in [2.45, 2.75) is 137 Å². The highest BCUT2D eigenvalue weighted by atomic mass is 16.7. The van der Waals surface area contributed by atoms with Gasteiger partial charge in [-0.1, -0.05) is 46.0 Å². The Morgan fingerprint density at radius 2 is 0.919 bits per heavy atom. The Morgan fingerprint density at radius 1 is 0.541 bits per heavy atom. The van der Waals surface area contributed by atoms with E-state index in [-0.39, 0.29) is 0 Å². The van der Waals surface area contributed by atoms with Crippen LogP contribution in [0.2, 0.25) is 0 Å². The summed E-state index contributed by atoms with van der Waals surface area (Å²) in [5.41, 5.74) is -0.138. The van der Waals surface area contributed by atoms with Crippen molar-refractivity contribution in [3.63, 3.8) is 0 Å². The van der Waals surface area contributed by atoms with Crippen molar-refractivity contribution in [2.75, 3.05) is 13.2 Å². The minimum absolute atomic E-state index is 0.455. The molecule has 208 valence electrons. The maximum atomic E-state index is 6.43. The van der Waals surface area contributed by atoms with Crippen LogP contribution in [0.1, 0.15) is 114 Å². The number of hydrogen-bond acceptors (Lipinski definition) is 6. The first-order valence-electron chi connectivity index (χ1n) is 14.4. The predicted molar refractivity (Wildman–Crippen MR) is 153 cm³/mol. The van der Waals surface area contributed by atoms with E-state index in [0.717, 1.165) is 41.7 Å². The number of ether oxygens (including phenoxy) is 2. The summed E-state index contributed by atoms with van der Waals surface area (Å²) >= 11 is 0. The number of benzene rings is 1. The SMILES string of the molecule is CCCCCCCCOc1cc(B2OC(C)(C)C(C)(C)O2)c(OCCC)cc1B1OC(C)(C)C(C)(C)O1. The van der Waals surface area contributed by atoms with Gasteiger partial charge in [0.05, 0.1) is 35.6 Å². The minimum atomic E-state index is -0.555. The van der Waals surface area contributed by atoms with E-state index in [1.165, 1.54) is 25.7 Å². The molecule has 0 unspecified atom stereocenters. The van der Waals surface area contributed by atoms with Crippen LogP contribution in [-0.4, -0.2) is 49.9 Å². The van der Waals surface area contributed by atoms with Gasteiger partial charge in [0.2, 0.25) is 0 Å². The third-order valence-electron chi connectivity index (χ3n) is 8.37. The van der Waals surface area contributed by atoms with Crippen molar-refractivity contribution in [3.8, 4) is 11.5 Å². The van der Waals surface area contributed by atoms with Crippen molar-refractivity contribution in [3.05, 3.63) is 12.1 Å². The van der Waals surface area contributed by atoms with E-state index in [1.807, 2.05) is 12.1 Å². The first-order chi connectivity index (χ1) is 17.2. The molecule has 2 fully saturated rings. The van der Waals surface area contributed by atoms with Gasteiger partial charge >= 0.3 is 14.2 Å². The minimum Gasteiger partial charge on any atom is -0.494 e. The molecule has 0 bridgehead atoms. The molecule has 6 nitrogen and oxygen atoms in total. The van der Waals surface area contributed by atoms with Crippen LogP contribution < -0.4 is 20.4 Å². The Hall–Kier alpha value is -1.21. The Morgan fingerprint density at radius 3 is 1.32 bits per heavy atom. The Labute approximate surface area is 226 Å². The quantitative estimate of drug-likeness (QED) is 0.244. The molecule has 2 saturated heterocycles. The van der Waals surface area contributed by atoms with Gasteiger partial charge in [-0.3, -0.25) is 0 Å². The fourth-order valence-corrected chi connectivity index (χ4v) is 4.43. The van der Waals surface area contributed by atoms with Gasteiger partial charge in [-0.05, 0) is 80.4 Å². The van der Waals surface area contributed by atoms with Gasteiger partial charge in [0.15, 0.2) is 0 Å². The average Bonchev–Trinajstić information content (AvgIpc) is 3.16. The van der Waals surface area contributed by atoms with Gasteiger partial charge in [0, 0.05) is 10.9 Å². The Kier molecular flexibility index (Phi) is 9.75. The summed E-state index contributed by atoms with van der Waals surface area (Å²) in [7, 11) is -1.11. The van der Waals surface area contributed by atoms with Crippen LogP contribution in [0.4, 0.5) is 0 Å². The lowest BCUT2D eigenvalue weighted by Crippen LogP contribution is -2.41. The summed E-state index contributed by atoms with van der Waals surface area (Å²) in [4.78, 5) is 0. The number of rotatable bonds is 13. The van der Waals surface area contributed by atoms with E-state index in [1.54, 1.807) is 0 Å². The molecule has 0 atom stereocenters. The van der Waals surface area contributed by atoms with Crippen LogP contribution in [0, 0.1) is 0 Å². The summed E-state index contributed by atoms with van der Waals surface area (Å²) in [6.07, 6.45) is 8.13. The van der Waals surface area contributed by atoms with E-state index in [0.29, 0.717) is 13.2 Å². The lowest BCUT2D eigenvalue weighted by molar-refractivity contribution is 0.00578.